The third-order valence-corrected chi connectivity index (χ3v) is 5.07. The lowest BCUT2D eigenvalue weighted by molar-refractivity contribution is 0.229. The van der Waals surface area contributed by atoms with E-state index in [1.54, 1.807) is 7.11 Å². The Kier molecular flexibility index (Phi) is 6.45. The lowest BCUT2D eigenvalue weighted by atomic mass is 9.88. The summed E-state index contributed by atoms with van der Waals surface area (Å²) in [5, 5.41) is 6.18. The minimum atomic E-state index is -0.157. The molecular formula is C23H30N2O3. The number of ether oxygens (including phenoxy) is 2. The molecule has 0 bridgehead atoms. The van der Waals surface area contributed by atoms with Gasteiger partial charge in [0.15, 0.2) is 11.5 Å². The predicted octanol–water partition coefficient (Wildman–Crippen LogP) is 4.92. The van der Waals surface area contributed by atoms with Crippen LogP contribution in [0.25, 0.3) is 0 Å². The Morgan fingerprint density at radius 3 is 2.64 bits per heavy atom. The molecule has 0 radical (unpaired) electrons. The standard InChI is InChI=1S/C23H30N2O3/c1-15(2)28-21-13-12-18(14-22(21)27-4)16(3)24-23(26)25-20-11-7-9-17-8-5-6-10-19(17)20/h5-6,8,10,12-16,20H,7,9,11H2,1-4H3,(H2,24,25,26). The highest BCUT2D eigenvalue weighted by molar-refractivity contribution is 5.75. The fourth-order valence-electron chi connectivity index (χ4n) is 3.69. The lowest BCUT2D eigenvalue weighted by Crippen LogP contribution is -2.40. The molecule has 5 heteroatoms. The van der Waals surface area contributed by atoms with Gasteiger partial charge >= 0.3 is 6.03 Å². The Bertz CT molecular complexity index is 819. The van der Waals surface area contributed by atoms with Crippen molar-refractivity contribution in [3.05, 3.63) is 59.2 Å². The summed E-state index contributed by atoms with van der Waals surface area (Å²) in [6.45, 7) is 5.92. The fraction of sp³-hybridized carbons (Fsp3) is 0.435. The van der Waals surface area contributed by atoms with E-state index < -0.39 is 0 Å². The van der Waals surface area contributed by atoms with Gasteiger partial charge in [-0.3, -0.25) is 0 Å². The van der Waals surface area contributed by atoms with Crippen molar-refractivity contribution in [3.8, 4) is 11.5 Å². The van der Waals surface area contributed by atoms with Crippen molar-refractivity contribution in [2.24, 2.45) is 0 Å². The number of benzene rings is 2. The van der Waals surface area contributed by atoms with Crippen molar-refractivity contribution >= 4 is 6.03 Å². The second-order valence-corrected chi connectivity index (χ2v) is 7.56. The van der Waals surface area contributed by atoms with E-state index in [-0.39, 0.29) is 24.2 Å². The number of urea groups is 1. The average Bonchev–Trinajstić information content (AvgIpc) is 2.68. The maximum atomic E-state index is 12.6. The molecule has 150 valence electrons. The molecule has 0 saturated heterocycles. The van der Waals surface area contributed by atoms with Crippen molar-refractivity contribution in [1.29, 1.82) is 0 Å². The number of rotatable bonds is 6. The van der Waals surface area contributed by atoms with E-state index >= 15 is 0 Å². The van der Waals surface area contributed by atoms with Gasteiger partial charge in [-0.25, -0.2) is 4.79 Å². The van der Waals surface area contributed by atoms with Gasteiger partial charge in [0.2, 0.25) is 0 Å². The molecule has 1 aliphatic carbocycles. The molecule has 28 heavy (non-hydrogen) atoms. The molecule has 2 N–H and O–H groups in total. The SMILES string of the molecule is COc1cc(C(C)NC(=O)NC2CCCc3ccccc32)ccc1OC(C)C. The van der Waals surface area contributed by atoms with Crippen LogP contribution in [0.15, 0.2) is 42.5 Å². The van der Waals surface area contributed by atoms with Gasteiger partial charge in [-0.05, 0) is 68.9 Å². The summed E-state index contributed by atoms with van der Waals surface area (Å²) in [4.78, 5) is 12.6. The van der Waals surface area contributed by atoms with Gasteiger partial charge in [-0.15, -0.1) is 0 Å². The number of fused-ring (bicyclic) bond motifs is 1. The molecule has 0 aromatic heterocycles. The largest absolute Gasteiger partial charge is 0.493 e. The van der Waals surface area contributed by atoms with Gasteiger partial charge in [-0.2, -0.15) is 0 Å². The second kappa shape index (κ2) is 9.00. The highest BCUT2D eigenvalue weighted by atomic mass is 16.5. The molecule has 2 unspecified atom stereocenters. The van der Waals surface area contributed by atoms with Crippen molar-refractivity contribution in [1.82, 2.24) is 10.6 Å². The van der Waals surface area contributed by atoms with Crippen molar-refractivity contribution in [3.63, 3.8) is 0 Å². The van der Waals surface area contributed by atoms with E-state index in [0.717, 1.165) is 24.8 Å². The minimum absolute atomic E-state index is 0.0634. The zero-order valence-electron chi connectivity index (χ0n) is 17.1. The van der Waals surface area contributed by atoms with Crippen LogP contribution in [0.4, 0.5) is 4.79 Å². The van der Waals surface area contributed by atoms with Crippen LogP contribution < -0.4 is 20.1 Å². The van der Waals surface area contributed by atoms with Crippen LogP contribution in [0, 0.1) is 0 Å². The normalized spacial score (nSPS) is 16.8. The Morgan fingerprint density at radius 1 is 1.11 bits per heavy atom. The van der Waals surface area contributed by atoms with Gasteiger partial charge in [0.1, 0.15) is 0 Å². The number of nitrogens with one attached hydrogen (secondary N) is 2. The highest BCUT2D eigenvalue weighted by Crippen LogP contribution is 2.32. The molecule has 0 saturated carbocycles. The minimum Gasteiger partial charge on any atom is -0.493 e. The molecule has 0 aliphatic heterocycles. The molecular weight excluding hydrogens is 352 g/mol. The van der Waals surface area contributed by atoms with Gasteiger partial charge in [0.25, 0.3) is 0 Å². The topological polar surface area (TPSA) is 59.6 Å². The van der Waals surface area contributed by atoms with Crippen LogP contribution in [-0.4, -0.2) is 19.2 Å². The average molecular weight is 383 g/mol. The molecule has 1 aliphatic rings. The van der Waals surface area contributed by atoms with Crippen molar-refractivity contribution < 1.29 is 14.3 Å². The number of hydrogen-bond donors (Lipinski definition) is 2. The molecule has 5 nitrogen and oxygen atoms in total. The Morgan fingerprint density at radius 2 is 1.89 bits per heavy atom. The molecule has 2 amide bonds. The summed E-state index contributed by atoms with van der Waals surface area (Å²) in [5.41, 5.74) is 3.53. The van der Waals surface area contributed by atoms with Crippen LogP contribution >= 0.6 is 0 Å². The van der Waals surface area contributed by atoms with Crippen LogP contribution in [0.1, 0.15) is 62.4 Å². The number of methoxy groups -OCH3 is 1. The van der Waals surface area contributed by atoms with Gasteiger partial charge in [0.05, 0.1) is 25.3 Å². The number of carbonyl (C=O) groups excluding carboxylic acids is 1. The third-order valence-electron chi connectivity index (χ3n) is 5.07. The zero-order valence-corrected chi connectivity index (χ0v) is 17.1. The van der Waals surface area contributed by atoms with E-state index in [1.165, 1.54) is 11.1 Å². The number of hydrogen-bond acceptors (Lipinski definition) is 3. The molecule has 2 aromatic carbocycles. The summed E-state index contributed by atoms with van der Waals surface area (Å²) in [7, 11) is 1.62. The highest BCUT2D eigenvalue weighted by Gasteiger charge is 2.22. The lowest BCUT2D eigenvalue weighted by Gasteiger charge is -2.27. The fourth-order valence-corrected chi connectivity index (χ4v) is 3.69. The van der Waals surface area contributed by atoms with Crippen LogP contribution in [0.5, 0.6) is 11.5 Å². The molecule has 3 rings (SSSR count). The number of amides is 2. The van der Waals surface area contributed by atoms with Gasteiger partial charge < -0.3 is 20.1 Å². The van der Waals surface area contributed by atoms with Gasteiger partial charge in [-0.1, -0.05) is 30.3 Å². The smallest absolute Gasteiger partial charge is 0.315 e. The summed E-state index contributed by atoms with van der Waals surface area (Å²) >= 11 is 0. The molecule has 2 atom stereocenters. The van der Waals surface area contributed by atoms with E-state index in [0.29, 0.717) is 11.5 Å². The first-order valence-corrected chi connectivity index (χ1v) is 9.97. The maximum absolute atomic E-state index is 12.6. The monoisotopic (exact) mass is 382 g/mol. The third kappa shape index (κ3) is 4.77. The van der Waals surface area contributed by atoms with E-state index in [4.69, 9.17) is 9.47 Å². The molecule has 0 heterocycles. The van der Waals surface area contributed by atoms with E-state index in [9.17, 15) is 4.79 Å². The summed E-state index contributed by atoms with van der Waals surface area (Å²) < 4.78 is 11.2. The summed E-state index contributed by atoms with van der Waals surface area (Å²) in [6.07, 6.45) is 3.20. The van der Waals surface area contributed by atoms with Crippen molar-refractivity contribution in [2.75, 3.05) is 7.11 Å². The van der Waals surface area contributed by atoms with E-state index in [2.05, 4.69) is 28.8 Å². The first-order chi connectivity index (χ1) is 13.5. The zero-order chi connectivity index (χ0) is 20.1. The maximum Gasteiger partial charge on any atom is 0.315 e. The predicted molar refractivity (Wildman–Crippen MR) is 111 cm³/mol. The molecule has 0 fully saturated rings. The first kappa shape index (κ1) is 20.1. The van der Waals surface area contributed by atoms with Crippen LogP contribution in [0.3, 0.4) is 0 Å². The second-order valence-electron chi connectivity index (χ2n) is 7.56. The van der Waals surface area contributed by atoms with Crippen molar-refractivity contribution in [2.45, 2.75) is 58.2 Å². The Labute approximate surface area is 167 Å². The quantitative estimate of drug-likeness (QED) is 0.745. The van der Waals surface area contributed by atoms with E-state index in [1.807, 2.05) is 45.0 Å². The van der Waals surface area contributed by atoms with Crippen LogP contribution in [0.2, 0.25) is 0 Å². The number of carbonyl (C=O) groups is 1. The van der Waals surface area contributed by atoms with Gasteiger partial charge in [0, 0.05) is 0 Å². The Hall–Kier alpha value is -2.69. The number of aryl methyl sites for hydroxylation is 1. The summed E-state index contributed by atoms with van der Waals surface area (Å²) in [6, 6.07) is 13.9. The van der Waals surface area contributed by atoms with Crippen LogP contribution in [-0.2, 0) is 6.42 Å². The summed E-state index contributed by atoms with van der Waals surface area (Å²) in [5.74, 6) is 1.37. The molecule has 2 aromatic rings. The first-order valence-electron chi connectivity index (χ1n) is 9.97. The Balaban J connectivity index is 1.65. The molecule has 0 spiro atoms.